The third-order valence-corrected chi connectivity index (χ3v) is 4.39. The lowest BCUT2D eigenvalue weighted by molar-refractivity contribution is -0.136. The van der Waals surface area contributed by atoms with Gasteiger partial charge in [-0.3, -0.25) is 4.79 Å². The van der Waals surface area contributed by atoms with Crippen LogP contribution in [0.4, 0.5) is 8.78 Å². The van der Waals surface area contributed by atoms with Crippen LogP contribution in [0.1, 0.15) is 18.9 Å². The van der Waals surface area contributed by atoms with Crippen LogP contribution in [0.15, 0.2) is 53.6 Å². The Kier molecular flexibility index (Phi) is 6.10. The largest absolute Gasteiger partial charge is 0.458 e. The second kappa shape index (κ2) is 8.09. The Morgan fingerprint density at radius 3 is 2.31 bits per heavy atom. The fourth-order valence-corrected chi connectivity index (χ4v) is 2.53. The van der Waals surface area contributed by atoms with Gasteiger partial charge in [0.15, 0.2) is 27.2 Å². The molecule has 138 valence electrons. The molecule has 0 saturated heterocycles. The summed E-state index contributed by atoms with van der Waals surface area (Å²) in [6, 6.07) is 8.30. The molecule has 5 nitrogen and oxygen atoms in total. The van der Waals surface area contributed by atoms with Gasteiger partial charge in [0.2, 0.25) is 0 Å². The minimum absolute atomic E-state index is 0.0411. The summed E-state index contributed by atoms with van der Waals surface area (Å²) in [7, 11) is -3.38. The van der Waals surface area contributed by atoms with Crippen molar-refractivity contribution in [1.29, 1.82) is 0 Å². The van der Waals surface area contributed by atoms with Crippen LogP contribution < -0.4 is 4.74 Å². The normalized spacial score (nSPS) is 11.9. The molecule has 8 heteroatoms. The van der Waals surface area contributed by atoms with E-state index in [9.17, 15) is 22.0 Å². The minimum Gasteiger partial charge on any atom is -0.458 e. The van der Waals surface area contributed by atoms with E-state index in [2.05, 4.69) is 0 Å². The third-order valence-electron chi connectivity index (χ3n) is 3.27. The number of sulfone groups is 1. The molecule has 0 heterocycles. The average Bonchev–Trinajstić information content (AvgIpc) is 2.59. The van der Waals surface area contributed by atoms with Gasteiger partial charge in [-0.15, -0.1) is 0 Å². The molecule has 0 atom stereocenters. The van der Waals surface area contributed by atoms with Crippen LogP contribution in [0, 0.1) is 11.6 Å². The van der Waals surface area contributed by atoms with Gasteiger partial charge in [-0.1, -0.05) is 6.92 Å². The summed E-state index contributed by atoms with van der Waals surface area (Å²) in [6.07, 6.45) is 2.15. The molecule has 0 amide bonds. The van der Waals surface area contributed by atoms with E-state index < -0.39 is 27.4 Å². The van der Waals surface area contributed by atoms with E-state index in [4.69, 9.17) is 9.47 Å². The Hall–Kier alpha value is -2.74. The van der Waals surface area contributed by atoms with E-state index >= 15 is 0 Å². The molecule has 0 aliphatic heterocycles. The Labute approximate surface area is 149 Å². The fourth-order valence-electron chi connectivity index (χ4n) is 1.90. The van der Waals surface area contributed by atoms with Gasteiger partial charge in [0.05, 0.1) is 4.90 Å². The highest BCUT2D eigenvalue weighted by Gasteiger charge is 2.13. The number of carbonyl (C=O) groups is 1. The number of ether oxygens (including phenoxy) is 2. The molecule has 0 spiro atoms. The van der Waals surface area contributed by atoms with Crippen molar-refractivity contribution in [1.82, 2.24) is 0 Å². The molecule has 0 radical (unpaired) electrons. The van der Waals surface area contributed by atoms with E-state index in [-0.39, 0.29) is 22.8 Å². The van der Waals surface area contributed by atoms with Gasteiger partial charge in [-0.25, -0.2) is 17.2 Å². The quantitative estimate of drug-likeness (QED) is 0.563. The zero-order chi connectivity index (χ0) is 19.3. The number of carbonyl (C=O) groups excluding carboxylic acids is 1. The number of rotatable bonds is 6. The second-order valence-corrected chi connectivity index (χ2v) is 7.31. The van der Waals surface area contributed by atoms with Crippen LogP contribution in [0.2, 0.25) is 0 Å². The van der Waals surface area contributed by atoms with E-state index in [1.165, 1.54) is 24.3 Å². The molecule has 2 aromatic carbocycles. The highest BCUT2D eigenvalue weighted by atomic mass is 32.2. The van der Waals surface area contributed by atoms with Crippen molar-refractivity contribution in [3.63, 3.8) is 0 Å². The van der Waals surface area contributed by atoms with Crippen LogP contribution in [-0.2, 0) is 19.4 Å². The predicted molar refractivity (Wildman–Crippen MR) is 90.9 cm³/mol. The number of esters is 1. The number of halogens is 2. The van der Waals surface area contributed by atoms with Gasteiger partial charge >= 0.3 is 5.97 Å². The summed E-state index contributed by atoms with van der Waals surface area (Å²) in [5, 5.41) is 0. The first-order valence-corrected chi connectivity index (χ1v) is 9.43. The predicted octanol–water partition coefficient (Wildman–Crippen LogP) is 3.70. The Balaban J connectivity index is 2.34. The van der Waals surface area contributed by atoms with E-state index in [1.807, 2.05) is 0 Å². The molecule has 0 fully saturated rings. The molecule has 0 unspecified atom stereocenters. The smallest absolute Gasteiger partial charge is 0.311 e. The van der Waals surface area contributed by atoms with Crippen molar-refractivity contribution in [2.45, 2.75) is 18.2 Å². The Morgan fingerprint density at radius 1 is 1.12 bits per heavy atom. The highest BCUT2D eigenvalue weighted by Crippen LogP contribution is 2.23. The van der Waals surface area contributed by atoms with Gasteiger partial charge < -0.3 is 9.47 Å². The number of hydrogen-bond acceptors (Lipinski definition) is 5. The van der Waals surface area contributed by atoms with Crippen molar-refractivity contribution in [2.24, 2.45) is 0 Å². The fraction of sp³-hybridized carbons (Fsp3) is 0.167. The summed E-state index contributed by atoms with van der Waals surface area (Å²) < 4.78 is 59.9. The lowest BCUT2D eigenvalue weighted by atomic mass is 10.2. The SMILES string of the molecule is CCC(=O)OC(=COc1ccc(F)cc1F)c1ccc(S(C)(=O)=O)cc1. The van der Waals surface area contributed by atoms with Crippen molar-refractivity contribution in [3.05, 3.63) is 65.9 Å². The molecular formula is C18H16F2O5S. The summed E-state index contributed by atoms with van der Waals surface area (Å²) in [6.45, 7) is 1.59. The monoisotopic (exact) mass is 382 g/mol. The van der Waals surface area contributed by atoms with E-state index in [1.54, 1.807) is 6.92 Å². The van der Waals surface area contributed by atoms with Gasteiger partial charge in [0, 0.05) is 24.3 Å². The second-order valence-electron chi connectivity index (χ2n) is 5.30. The van der Waals surface area contributed by atoms with E-state index in [0.717, 1.165) is 24.7 Å². The van der Waals surface area contributed by atoms with Gasteiger partial charge in [0.1, 0.15) is 12.1 Å². The molecule has 2 aromatic rings. The minimum atomic E-state index is -3.38. The van der Waals surface area contributed by atoms with Gasteiger partial charge in [0.25, 0.3) is 0 Å². The zero-order valence-corrected chi connectivity index (χ0v) is 14.8. The van der Waals surface area contributed by atoms with Crippen LogP contribution in [-0.4, -0.2) is 20.6 Å². The van der Waals surface area contributed by atoms with Gasteiger partial charge in [-0.05, 0) is 36.4 Å². The maximum atomic E-state index is 13.6. The molecule has 0 aliphatic rings. The lowest BCUT2D eigenvalue weighted by Crippen LogP contribution is -2.04. The molecule has 0 saturated carbocycles. The molecule has 0 aromatic heterocycles. The van der Waals surface area contributed by atoms with Crippen LogP contribution in [0.25, 0.3) is 5.76 Å². The topological polar surface area (TPSA) is 69.7 Å². The van der Waals surface area contributed by atoms with Gasteiger partial charge in [-0.2, -0.15) is 0 Å². The van der Waals surface area contributed by atoms with Crippen molar-refractivity contribution in [2.75, 3.05) is 6.26 Å². The summed E-state index contributed by atoms with van der Waals surface area (Å²) in [5.41, 5.74) is 0.349. The molecule has 0 aliphatic carbocycles. The van der Waals surface area contributed by atoms with Crippen LogP contribution >= 0.6 is 0 Å². The summed E-state index contributed by atoms with van der Waals surface area (Å²) >= 11 is 0. The highest BCUT2D eigenvalue weighted by molar-refractivity contribution is 7.90. The Bertz CT molecular complexity index is 935. The van der Waals surface area contributed by atoms with Crippen molar-refractivity contribution >= 4 is 21.6 Å². The van der Waals surface area contributed by atoms with Crippen LogP contribution in [0.5, 0.6) is 5.75 Å². The first kappa shape index (κ1) is 19.6. The average molecular weight is 382 g/mol. The number of hydrogen-bond donors (Lipinski definition) is 0. The summed E-state index contributed by atoms with van der Waals surface area (Å²) in [5.74, 6) is -2.54. The Morgan fingerprint density at radius 2 is 1.77 bits per heavy atom. The molecule has 0 N–H and O–H groups in total. The van der Waals surface area contributed by atoms with E-state index in [0.29, 0.717) is 11.6 Å². The summed E-state index contributed by atoms with van der Waals surface area (Å²) in [4.78, 5) is 11.7. The first-order valence-electron chi connectivity index (χ1n) is 7.53. The standard InChI is InChI=1S/C18H16F2O5S/c1-3-18(21)25-17(11-24-16-9-6-13(19)10-15(16)20)12-4-7-14(8-5-12)26(2,22)23/h4-11H,3H2,1-2H3. The maximum absolute atomic E-state index is 13.6. The van der Waals surface area contributed by atoms with Crippen molar-refractivity contribution < 1.29 is 31.5 Å². The molecular weight excluding hydrogens is 366 g/mol. The first-order chi connectivity index (χ1) is 12.2. The molecule has 26 heavy (non-hydrogen) atoms. The number of benzene rings is 2. The zero-order valence-electron chi connectivity index (χ0n) is 14.0. The van der Waals surface area contributed by atoms with Crippen LogP contribution in [0.3, 0.4) is 0 Å². The molecule has 2 rings (SSSR count). The third kappa shape index (κ3) is 5.13. The maximum Gasteiger partial charge on any atom is 0.311 e. The lowest BCUT2D eigenvalue weighted by Gasteiger charge is -2.10. The van der Waals surface area contributed by atoms with Crippen molar-refractivity contribution in [3.8, 4) is 5.75 Å². The molecule has 0 bridgehead atoms.